The topological polar surface area (TPSA) is 46.6 Å². The Kier molecular flexibility index (Phi) is 4.55. The molecule has 20 heavy (non-hydrogen) atoms. The Morgan fingerprint density at radius 3 is 2.35 bits per heavy atom. The Balaban J connectivity index is 2.15. The van der Waals surface area contributed by atoms with Gasteiger partial charge in [0.15, 0.2) is 0 Å². The maximum atomic E-state index is 11.6. The van der Waals surface area contributed by atoms with Crippen LogP contribution in [0, 0.1) is 5.92 Å². The molecule has 0 bridgehead atoms. The minimum absolute atomic E-state index is 0.0286. The van der Waals surface area contributed by atoms with Crippen molar-refractivity contribution < 1.29 is 14.3 Å². The van der Waals surface area contributed by atoms with E-state index in [0.29, 0.717) is 0 Å². The van der Waals surface area contributed by atoms with Crippen LogP contribution in [0.2, 0.25) is 0 Å². The molecule has 108 valence electrons. The second-order valence-corrected chi connectivity index (χ2v) is 5.60. The molecule has 1 aliphatic rings. The van der Waals surface area contributed by atoms with E-state index in [0.717, 1.165) is 25.7 Å². The fourth-order valence-corrected chi connectivity index (χ4v) is 3.22. The van der Waals surface area contributed by atoms with Gasteiger partial charge in [-0.25, -0.2) is 0 Å². The monoisotopic (exact) mass is 275 g/mol. The maximum absolute atomic E-state index is 11.6. The average Bonchev–Trinajstić information content (AvgIpc) is 2.48. The predicted octanol–water partition coefficient (Wildman–Crippen LogP) is 2.33. The highest BCUT2D eigenvalue weighted by Crippen LogP contribution is 2.43. The Labute approximate surface area is 119 Å². The molecule has 1 fully saturated rings. The van der Waals surface area contributed by atoms with Crippen molar-refractivity contribution in [3.8, 4) is 0 Å². The quantitative estimate of drug-likeness (QED) is 0.481. The smallest absolute Gasteiger partial charge is 0.316 e. The summed E-state index contributed by atoms with van der Waals surface area (Å²) in [6.07, 6.45) is 3.28. The van der Waals surface area contributed by atoms with Crippen molar-refractivity contribution in [2.45, 2.75) is 31.2 Å². The molecule has 2 rings (SSSR count). The average molecular weight is 275 g/mol. The van der Waals surface area contributed by atoms with Crippen molar-refractivity contribution in [1.82, 2.24) is 4.90 Å². The molecule has 4 nitrogen and oxygen atoms in total. The van der Waals surface area contributed by atoms with Gasteiger partial charge in [-0.1, -0.05) is 30.3 Å². The van der Waals surface area contributed by atoms with Crippen LogP contribution in [-0.4, -0.2) is 31.4 Å². The van der Waals surface area contributed by atoms with Gasteiger partial charge in [0, 0.05) is 5.54 Å². The van der Waals surface area contributed by atoms with Crippen molar-refractivity contribution in [3.05, 3.63) is 35.9 Å². The summed E-state index contributed by atoms with van der Waals surface area (Å²) in [6, 6.07) is 10.4. The third-order valence-corrected chi connectivity index (χ3v) is 4.48. The number of nitrogens with zero attached hydrogens (tertiary/aromatic N) is 1. The fraction of sp³-hybridized carbons (Fsp3) is 0.500. The van der Waals surface area contributed by atoms with Gasteiger partial charge in [0.2, 0.25) is 0 Å². The lowest BCUT2D eigenvalue weighted by Gasteiger charge is -2.45. The van der Waals surface area contributed by atoms with Gasteiger partial charge in [-0.05, 0) is 45.3 Å². The number of carbonyl (C=O) groups is 2. The Morgan fingerprint density at radius 2 is 1.85 bits per heavy atom. The molecule has 4 heteroatoms. The zero-order chi connectivity index (χ0) is 14.6. The van der Waals surface area contributed by atoms with E-state index >= 15 is 0 Å². The molecule has 0 unspecified atom stereocenters. The first-order valence-electron chi connectivity index (χ1n) is 6.97. The molecular weight excluding hydrogens is 254 g/mol. The molecule has 0 radical (unpaired) electrons. The van der Waals surface area contributed by atoms with Crippen molar-refractivity contribution in [2.24, 2.45) is 5.92 Å². The molecule has 0 atom stereocenters. The van der Waals surface area contributed by atoms with E-state index in [2.05, 4.69) is 35.9 Å². The fourth-order valence-electron chi connectivity index (χ4n) is 3.22. The van der Waals surface area contributed by atoms with Gasteiger partial charge in [-0.3, -0.25) is 14.5 Å². The van der Waals surface area contributed by atoms with Gasteiger partial charge in [0.05, 0.1) is 5.92 Å². The van der Waals surface area contributed by atoms with Gasteiger partial charge in [-0.15, -0.1) is 0 Å². The van der Waals surface area contributed by atoms with E-state index in [-0.39, 0.29) is 23.9 Å². The largest absolute Gasteiger partial charge is 0.395 e. The second kappa shape index (κ2) is 6.18. The first-order valence-corrected chi connectivity index (χ1v) is 6.97. The lowest BCUT2D eigenvalue weighted by atomic mass is 9.72. The van der Waals surface area contributed by atoms with E-state index in [1.807, 2.05) is 18.2 Å². The number of carbonyl (C=O) groups excluding carboxylic acids is 2. The first kappa shape index (κ1) is 14.7. The molecule has 0 aliphatic heterocycles. The standard InChI is InChI=1S/C16H21NO3/c1-17(2)16(14-6-4-3-5-7-14)10-8-13(9-11-16)15(19)20-12-18/h3-7,12-13H,8-11H2,1-2H3. The predicted molar refractivity (Wildman–Crippen MR) is 75.9 cm³/mol. The van der Waals surface area contributed by atoms with Crippen molar-refractivity contribution in [2.75, 3.05) is 14.1 Å². The highest BCUT2D eigenvalue weighted by atomic mass is 16.6. The van der Waals surface area contributed by atoms with Crippen LogP contribution in [0.4, 0.5) is 0 Å². The molecule has 1 aromatic rings. The first-order chi connectivity index (χ1) is 9.60. The van der Waals surface area contributed by atoms with Crippen LogP contribution in [0.25, 0.3) is 0 Å². The highest BCUT2D eigenvalue weighted by Gasteiger charge is 2.40. The van der Waals surface area contributed by atoms with Crippen molar-refractivity contribution in [1.29, 1.82) is 0 Å². The van der Waals surface area contributed by atoms with Crippen LogP contribution in [0.5, 0.6) is 0 Å². The molecule has 0 N–H and O–H groups in total. The summed E-state index contributed by atoms with van der Waals surface area (Å²) >= 11 is 0. The summed E-state index contributed by atoms with van der Waals surface area (Å²) in [5, 5.41) is 0. The zero-order valence-electron chi connectivity index (χ0n) is 12.0. The van der Waals surface area contributed by atoms with E-state index in [1.165, 1.54) is 5.56 Å². The van der Waals surface area contributed by atoms with Crippen LogP contribution in [-0.2, 0) is 19.9 Å². The molecular formula is C16H21NO3. The molecule has 0 spiro atoms. The number of esters is 1. The summed E-state index contributed by atoms with van der Waals surface area (Å²) in [5.74, 6) is -0.544. The van der Waals surface area contributed by atoms with Crippen LogP contribution in [0.15, 0.2) is 30.3 Å². The molecule has 0 heterocycles. The lowest BCUT2D eigenvalue weighted by Crippen LogP contribution is -2.45. The third kappa shape index (κ3) is 2.75. The van der Waals surface area contributed by atoms with E-state index in [1.54, 1.807) is 0 Å². The summed E-state index contributed by atoms with van der Waals surface area (Å²) < 4.78 is 4.48. The van der Waals surface area contributed by atoms with Gasteiger partial charge < -0.3 is 4.74 Å². The Hall–Kier alpha value is -1.68. The van der Waals surface area contributed by atoms with Crippen molar-refractivity contribution >= 4 is 12.4 Å². The number of ether oxygens (including phenoxy) is 1. The molecule has 0 aromatic heterocycles. The van der Waals surface area contributed by atoms with Gasteiger partial charge in [-0.2, -0.15) is 0 Å². The van der Waals surface area contributed by atoms with Crippen LogP contribution in [0.1, 0.15) is 31.2 Å². The minimum Gasteiger partial charge on any atom is -0.395 e. The molecule has 0 saturated heterocycles. The van der Waals surface area contributed by atoms with Gasteiger partial charge >= 0.3 is 12.4 Å². The van der Waals surface area contributed by atoms with Gasteiger partial charge in [0.1, 0.15) is 0 Å². The molecule has 1 saturated carbocycles. The number of rotatable bonds is 4. The summed E-state index contributed by atoms with van der Waals surface area (Å²) in [5.41, 5.74) is 1.26. The van der Waals surface area contributed by atoms with E-state index in [4.69, 9.17) is 0 Å². The molecule has 1 aliphatic carbocycles. The third-order valence-electron chi connectivity index (χ3n) is 4.48. The maximum Gasteiger partial charge on any atom is 0.316 e. The molecule has 0 amide bonds. The lowest BCUT2D eigenvalue weighted by molar-refractivity contribution is -0.156. The number of benzene rings is 1. The minimum atomic E-state index is -0.389. The van der Waals surface area contributed by atoms with E-state index < -0.39 is 0 Å². The van der Waals surface area contributed by atoms with Gasteiger partial charge in [0.25, 0.3) is 0 Å². The highest BCUT2D eigenvalue weighted by molar-refractivity contribution is 5.78. The zero-order valence-corrected chi connectivity index (χ0v) is 12.0. The summed E-state index contributed by atoms with van der Waals surface area (Å²) in [7, 11) is 4.16. The van der Waals surface area contributed by atoms with Crippen LogP contribution in [0.3, 0.4) is 0 Å². The summed E-state index contributed by atoms with van der Waals surface area (Å²) in [6.45, 7) is 0.229. The number of hydrogen-bond acceptors (Lipinski definition) is 4. The van der Waals surface area contributed by atoms with Crippen LogP contribution < -0.4 is 0 Å². The SMILES string of the molecule is CN(C)C1(c2ccccc2)CCC(C(=O)OC=O)CC1. The summed E-state index contributed by atoms with van der Waals surface area (Å²) in [4.78, 5) is 24.2. The van der Waals surface area contributed by atoms with Crippen molar-refractivity contribution in [3.63, 3.8) is 0 Å². The Morgan fingerprint density at radius 1 is 1.25 bits per heavy atom. The van der Waals surface area contributed by atoms with Crippen LogP contribution >= 0.6 is 0 Å². The molecule has 1 aromatic carbocycles. The normalized spacial score (nSPS) is 26.2. The second-order valence-electron chi connectivity index (χ2n) is 5.60. The Bertz CT molecular complexity index is 462. The van der Waals surface area contributed by atoms with E-state index in [9.17, 15) is 9.59 Å². The number of hydrogen-bond donors (Lipinski definition) is 0.